The van der Waals surface area contributed by atoms with E-state index in [4.69, 9.17) is 8.83 Å². The van der Waals surface area contributed by atoms with Gasteiger partial charge < -0.3 is 8.83 Å². The second-order valence-electron chi connectivity index (χ2n) is 5.77. The second kappa shape index (κ2) is 3.12. The normalized spacial score (nSPS) is 13.5. The average molecular weight is 270 g/mol. The van der Waals surface area contributed by atoms with Crippen LogP contribution in [-0.4, -0.2) is 0 Å². The molecule has 2 nitrogen and oxygen atoms in total. The van der Waals surface area contributed by atoms with Crippen LogP contribution < -0.4 is 0 Å². The van der Waals surface area contributed by atoms with Crippen LogP contribution in [-0.2, 0) is 6.42 Å². The SMILES string of the molecule is c1cc2c3c(c1)oc1ccc4oc5cccc(c5c4c13)C2. The Kier molecular flexibility index (Phi) is 1.49. The molecule has 0 saturated carbocycles. The number of furan rings is 2. The summed E-state index contributed by atoms with van der Waals surface area (Å²) in [6.45, 7) is 0. The molecule has 3 aromatic carbocycles. The molecule has 5 aromatic rings. The number of benzene rings is 3. The van der Waals surface area contributed by atoms with E-state index in [0.717, 1.165) is 28.8 Å². The fraction of sp³-hybridized carbons (Fsp3) is 0.0526. The third-order valence-electron chi connectivity index (χ3n) is 4.67. The van der Waals surface area contributed by atoms with E-state index in [-0.39, 0.29) is 0 Å². The molecule has 0 aliphatic heterocycles. The maximum absolute atomic E-state index is 6.05. The molecule has 0 bridgehead atoms. The Morgan fingerprint density at radius 2 is 1.00 bits per heavy atom. The van der Waals surface area contributed by atoms with E-state index in [1.54, 1.807) is 0 Å². The summed E-state index contributed by atoms with van der Waals surface area (Å²) in [7, 11) is 0. The highest BCUT2D eigenvalue weighted by molar-refractivity contribution is 6.27. The van der Waals surface area contributed by atoms with E-state index in [0.29, 0.717) is 0 Å². The molecule has 2 heterocycles. The Labute approximate surface area is 119 Å². The molecule has 0 fully saturated rings. The molecule has 0 radical (unpaired) electrons. The predicted octanol–water partition coefficient (Wildman–Crippen LogP) is 5.39. The Morgan fingerprint density at radius 3 is 1.52 bits per heavy atom. The van der Waals surface area contributed by atoms with Crippen LogP contribution in [0.3, 0.4) is 0 Å². The summed E-state index contributed by atoms with van der Waals surface area (Å²) in [5, 5.41) is 4.91. The largest absolute Gasteiger partial charge is 0.456 e. The zero-order valence-electron chi connectivity index (χ0n) is 11.1. The standard InChI is InChI=1S/C19H10O2/c1-3-10-9-11-4-2-6-13-17(11)19-15(21-13)8-7-14-18(19)16(10)12(5-1)20-14/h1-8H,9H2. The number of rotatable bonds is 0. The van der Waals surface area contributed by atoms with Gasteiger partial charge >= 0.3 is 0 Å². The molecule has 0 amide bonds. The summed E-state index contributed by atoms with van der Waals surface area (Å²) in [4.78, 5) is 0. The first-order valence-corrected chi connectivity index (χ1v) is 7.17. The minimum Gasteiger partial charge on any atom is -0.456 e. The van der Waals surface area contributed by atoms with Crippen LogP contribution in [0.15, 0.2) is 57.4 Å². The van der Waals surface area contributed by atoms with Crippen LogP contribution in [0.4, 0.5) is 0 Å². The van der Waals surface area contributed by atoms with Crippen LogP contribution in [0, 0.1) is 0 Å². The zero-order chi connectivity index (χ0) is 13.6. The molecule has 2 heteroatoms. The van der Waals surface area contributed by atoms with Crippen LogP contribution in [0.1, 0.15) is 11.1 Å². The van der Waals surface area contributed by atoms with Gasteiger partial charge in [0.25, 0.3) is 0 Å². The lowest BCUT2D eigenvalue weighted by molar-refractivity contribution is 0.663. The van der Waals surface area contributed by atoms with Crippen molar-refractivity contribution in [2.24, 2.45) is 0 Å². The highest BCUT2D eigenvalue weighted by atomic mass is 16.3. The topological polar surface area (TPSA) is 26.3 Å². The van der Waals surface area contributed by atoms with Crippen molar-refractivity contribution in [2.75, 3.05) is 0 Å². The van der Waals surface area contributed by atoms with Crippen LogP contribution in [0.25, 0.3) is 43.9 Å². The van der Waals surface area contributed by atoms with E-state index >= 15 is 0 Å². The van der Waals surface area contributed by atoms with Crippen LogP contribution in [0.5, 0.6) is 0 Å². The van der Waals surface area contributed by atoms with Gasteiger partial charge in [-0.1, -0.05) is 24.3 Å². The minimum atomic E-state index is 0.923. The first-order valence-electron chi connectivity index (χ1n) is 7.17. The van der Waals surface area contributed by atoms with Crippen molar-refractivity contribution in [1.29, 1.82) is 0 Å². The number of hydrogen-bond donors (Lipinski definition) is 0. The highest BCUT2D eigenvalue weighted by Gasteiger charge is 2.22. The summed E-state index contributed by atoms with van der Waals surface area (Å²) >= 11 is 0. The zero-order valence-corrected chi connectivity index (χ0v) is 11.1. The Morgan fingerprint density at radius 1 is 0.524 bits per heavy atom. The monoisotopic (exact) mass is 270 g/mol. The molecule has 2 aromatic heterocycles. The van der Waals surface area contributed by atoms with E-state index in [2.05, 4.69) is 36.4 Å². The molecule has 0 atom stereocenters. The smallest absolute Gasteiger partial charge is 0.136 e. The van der Waals surface area contributed by atoms with Gasteiger partial charge in [-0.2, -0.15) is 0 Å². The fourth-order valence-electron chi connectivity index (χ4n) is 3.86. The minimum absolute atomic E-state index is 0.923. The third-order valence-corrected chi connectivity index (χ3v) is 4.67. The first-order chi connectivity index (χ1) is 10.4. The van der Waals surface area contributed by atoms with E-state index < -0.39 is 0 Å². The van der Waals surface area contributed by atoms with Gasteiger partial charge in [0, 0.05) is 21.5 Å². The molecule has 6 rings (SSSR count). The lowest BCUT2D eigenvalue weighted by atomic mass is 10.0. The maximum atomic E-state index is 6.05. The summed E-state index contributed by atoms with van der Waals surface area (Å²) in [6, 6.07) is 16.7. The van der Waals surface area contributed by atoms with E-state index in [1.165, 1.54) is 32.7 Å². The van der Waals surface area contributed by atoms with Gasteiger partial charge in [0.1, 0.15) is 22.3 Å². The molecule has 1 aliphatic carbocycles. The van der Waals surface area contributed by atoms with Gasteiger partial charge in [-0.3, -0.25) is 0 Å². The fourth-order valence-corrected chi connectivity index (χ4v) is 3.86. The second-order valence-corrected chi connectivity index (χ2v) is 5.77. The number of hydrogen-bond acceptors (Lipinski definition) is 2. The summed E-state index contributed by atoms with van der Waals surface area (Å²) in [5.74, 6) is 0. The molecule has 0 saturated heterocycles. The summed E-state index contributed by atoms with van der Waals surface area (Å²) in [6.07, 6.45) is 0.923. The summed E-state index contributed by atoms with van der Waals surface area (Å²) in [5.41, 5.74) is 6.51. The quantitative estimate of drug-likeness (QED) is 0.370. The predicted molar refractivity (Wildman–Crippen MR) is 83.8 cm³/mol. The molecule has 98 valence electrons. The van der Waals surface area contributed by atoms with Crippen LogP contribution >= 0.6 is 0 Å². The molecule has 1 aliphatic rings. The maximum Gasteiger partial charge on any atom is 0.136 e. The Bertz CT molecular complexity index is 1110. The summed E-state index contributed by atoms with van der Waals surface area (Å²) < 4.78 is 12.1. The first kappa shape index (κ1) is 10.1. The van der Waals surface area contributed by atoms with Gasteiger partial charge in [0.15, 0.2) is 0 Å². The van der Waals surface area contributed by atoms with Gasteiger partial charge in [-0.05, 0) is 41.8 Å². The van der Waals surface area contributed by atoms with Crippen molar-refractivity contribution in [3.8, 4) is 0 Å². The molecule has 0 unspecified atom stereocenters. The van der Waals surface area contributed by atoms with E-state index in [1.807, 2.05) is 12.1 Å². The lowest BCUT2D eigenvalue weighted by Crippen LogP contribution is -1.87. The third kappa shape index (κ3) is 1.04. The van der Waals surface area contributed by atoms with Crippen molar-refractivity contribution >= 4 is 43.9 Å². The molecule has 0 spiro atoms. The van der Waals surface area contributed by atoms with Crippen molar-refractivity contribution in [3.63, 3.8) is 0 Å². The average Bonchev–Trinajstić information content (AvgIpc) is 2.99. The van der Waals surface area contributed by atoms with Crippen molar-refractivity contribution in [3.05, 3.63) is 59.7 Å². The van der Waals surface area contributed by atoms with Gasteiger partial charge in [-0.15, -0.1) is 0 Å². The van der Waals surface area contributed by atoms with Gasteiger partial charge in [-0.25, -0.2) is 0 Å². The molecule has 21 heavy (non-hydrogen) atoms. The lowest BCUT2D eigenvalue weighted by Gasteiger charge is -2.03. The molecule has 0 N–H and O–H groups in total. The van der Waals surface area contributed by atoms with Crippen molar-refractivity contribution in [2.45, 2.75) is 6.42 Å². The highest BCUT2D eigenvalue weighted by Crippen LogP contribution is 2.44. The Balaban J connectivity index is 2.12. The Hall–Kier alpha value is -2.74. The van der Waals surface area contributed by atoms with Gasteiger partial charge in [0.2, 0.25) is 0 Å². The van der Waals surface area contributed by atoms with Crippen molar-refractivity contribution < 1.29 is 8.83 Å². The van der Waals surface area contributed by atoms with E-state index in [9.17, 15) is 0 Å². The van der Waals surface area contributed by atoms with Crippen LogP contribution in [0.2, 0.25) is 0 Å². The molecular weight excluding hydrogens is 260 g/mol. The van der Waals surface area contributed by atoms with Crippen molar-refractivity contribution in [1.82, 2.24) is 0 Å². The molecular formula is C19H10O2. The van der Waals surface area contributed by atoms with Gasteiger partial charge in [0.05, 0.1) is 0 Å².